The van der Waals surface area contributed by atoms with Gasteiger partial charge in [-0.1, -0.05) is 0 Å². The summed E-state index contributed by atoms with van der Waals surface area (Å²) in [5, 5.41) is 18.0. The molecule has 0 aromatic heterocycles. The molecule has 0 bridgehead atoms. The van der Waals surface area contributed by atoms with Gasteiger partial charge < -0.3 is 10.2 Å². The third kappa shape index (κ3) is 1.30. The highest BCUT2D eigenvalue weighted by atomic mass is 32.2. The summed E-state index contributed by atoms with van der Waals surface area (Å²) < 4.78 is 22.5. The molecule has 0 aromatic rings. The minimum atomic E-state index is -2.89. The fourth-order valence-corrected chi connectivity index (χ4v) is 5.11. The van der Waals surface area contributed by atoms with Gasteiger partial charge in [-0.2, -0.15) is 0 Å². The summed E-state index contributed by atoms with van der Waals surface area (Å²) in [4.78, 5) is 0. The first-order chi connectivity index (χ1) is 6.09. The van der Waals surface area contributed by atoms with Gasteiger partial charge in [0.2, 0.25) is 0 Å². The first-order valence-corrected chi connectivity index (χ1v) is 6.33. The van der Waals surface area contributed by atoms with Crippen LogP contribution in [0.1, 0.15) is 0 Å². The predicted molar refractivity (Wildman–Crippen MR) is 46.8 cm³/mol. The van der Waals surface area contributed by atoms with Crippen LogP contribution in [-0.4, -0.2) is 43.4 Å². The maximum Gasteiger partial charge on any atom is 0.150 e. The molecule has 5 heteroatoms. The molecule has 1 heterocycles. The molecule has 0 radical (unpaired) electrons. The van der Waals surface area contributed by atoms with Gasteiger partial charge in [0.15, 0.2) is 9.84 Å². The lowest BCUT2D eigenvalue weighted by Gasteiger charge is -2.46. The zero-order chi connectivity index (χ0) is 9.64. The minimum absolute atomic E-state index is 0.00190. The molecule has 4 atom stereocenters. The first-order valence-electron chi connectivity index (χ1n) is 4.51. The van der Waals surface area contributed by atoms with Crippen molar-refractivity contribution in [3.05, 3.63) is 0 Å². The Morgan fingerprint density at radius 3 is 1.69 bits per heavy atom. The van der Waals surface area contributed by atoms with Crippen molar-refractivity contribution in [1.29, 1.82) is 0 Å². The number of aliphatic hydroxyl groups is 2. The number of sulfone groups is 1. The fourth-order valence-electron chi connectivity index (χ4n) is 2.81. The Bertz CT molecular complexity index is 273. The number of aliphatic hydroxyl groups excluding tert-OH is 2. The van der Waals surface area contributed by atoms with E-state index in [0.717, 1.165) is 0 Å². The summed E-state index contributed by atoms with van der Waals surface area (Å²) in [5.41, 5.74) is 0. The van der Waals surface area contributed by atoms with E-state index in [-0.39, 0.29) is 48.4 Å². The Morgan fingerprint density at radius 1 is 1.00 bits per heavy atom. The smallest absolute Gasteiger partial charge is 0.150 e. The highest BCUT2D eigenvalue weighted by molar-refractivity contribution is 7.91. The molecule has 4 nitrogen and oxygen atoms in total. The van der Waals surface area contributed by atoms with Gasteiger partial charge in [-0.15, -0.1) is 0 Å². The largest absolute Gasteiger partial charge is 0.396 e. The molecule has 2 aliphatic rings. The first kappa shape index (κ1) is 9.43. The molecule has 0 spiro atoms. The van der Waals surface area contributed by atoms with Crippen LogP contribution in [0.25, 0.3) is 0 Å². The molecule has 13 heavy (non-hydrogen) atoms. The van der Waals surface area contributed by atoms with E-state index in [1.807, 2.05) is 0 Å². The van der Waals surface area contributed by atoms with E-state index in [9.17, 15) is 8.42 Å². The summed E-state index contributed by atoms with van der Waals surface area (Å²) in [6, 6.07) is 0. The van der Waals surface area contributed by atoms with Crippen LogP contribution in [0.3, 0.4) is 0 Å². The lowest BCUT2D eigenvalue weighted by Crippen LogP contribution is -2.49. The molecular weight excluding hydrogens is 192 g/mol. The average Bonchev–Trinajstić information content (AvgIpc) is 2.30. The molecule has 76 valence electrons. The third-order valence-electron chi connectivity index (χ3n) is 3.51. The number of hydrogen-bond acceptors (Lipinski definition) is 4. The van der Waals surface area contributed by atoms with Crippen molar-refractivity contribution < 1.29 is 18.6 Å². The summed E-state index contributed by atoms with van der Waals surface area (Å²) in [6.07, 6.45) is 0. The molecule has 0 unspecified atom stereocenters. The summed E-state index contributed by atoms with van der Waals surface area (Å²) >= 11 is 0. The van der Waals surface area contributed by atoms with E-state index in [1.165, 1.54) is 0 Å². The number of hydrogen-bond donors (Lipinski definition) is 2. The van der Waals surface area contributed by atoms with E-state index in [2.05, 4.69) is 0 Å². The van der Waals surface area contributed by atoms with E-state index in [1.54, 1.807) is 0 Å². The Labute approximate surface area is 77.5 Å². The molecule has 1 aliphatic heterocycles. The van der Waals surface area contributed by atoms with E-state index < -0.39 is 9.84 Å². The van der Waals surface area contributed by atoms with Crippen LogP contribution in [0.5, 0.6) is 0 Å². The van der Waals surface area contributed by atoms with Gasteiger partial charge in [-0.05, 0) is 23.7 Å². The Balaban J connectivity index is 2.15. The second kappa shape index (κ2) is 2.93. The maximum absolute atomic E-state index is 11.3. The molecular formula is C8H14O4S. The van der Waals surface area contributed by atoms with Crippen LogP contribution in [0.4, 0.5) is 0 Å². The normalized spacial score (nSPS) is 46.9. The second-order valence-electron chi connectivity index (χ2n) is 4.10. The molecule has 0 amide bonds. The molecule has 0 aromatic carbocycles. The van der Waals surface area contributed by atoms with Crippen LogP contribution >= 0.6 is 0 Å². The van der Waals surface area contributed by atoms with Crippen molar-refractivity contribution in [2.24, 2.45) is 23.7 Å². The summed E-state index contributed by atoms with van der Waals surface area (Å²) in [5.74, 6) is 0.637. The Hall–Kier alpha value is -0.130. The SMILES string of the molecule is O=S1(=O)C[C@@H]2[C@H](CO)[C@@H](CO)[C@@H]2C1. The Kier molecular flexibility index (Phi) is 2.13. The van der Waals surface area contributed by atoms with Crippen molar-refractivity contribution in [3.8, 4) is 0 Å². The van der Waals surface area contributed by atoms with Gasteiger partial charge in [0.05, 0.1) is 11.5 Å². The fraction of sp³-hybridized carbons (Fsp3) is 1.00. The summed E-state index contributed by atoms with van der Waals surface area (Å²) in [7, 11) is -2.89. The standard InChI is InChI=1S/C8H14O4S/c9-1-5-6(2-10)8-4-13(11,12)3-7(5)8/h5-10H,1-4H2/t5-,6-,7-,8+/m1/s1. The third-order valence-corrected chi connectivity index (χ3v) is 5.30. The quantitative estimate of drug-likeness (QED) is 0.600. The van der Waals surface area contributed by atoms with Crippen LogP contribution in [0, 0.1) is 23.7 Å². The van der Waals surface area contributed by atoms with Gasteiger partial charge in [0.1, 0.15) is 0 Å². The molecule has 2 fully saturated rings. The molecule has 2 N–H and O–H groups in total. The van der Waals surface area contributed by atoms with Crippen molar-refractivity contribution in [2.45, 2.75) is 0 Å². The van der Waals surface area contributed by atoms with Crippen molar-refractivity contribution in [3.63, 3.8) is 0 Å². The lowest BCUT2D eigenvalue weighted by atomic mass is 9.59. The van der Waals surface area contributed by atoms with E-state index in [0.29, 0.717) is 0 Å². The molecule has 1 saturated carbocycles. The van der Waals surface area contributed by atoms with E-state index >= 15 is 0 Å². The number of rotatable bonds is 2. The highest BCUT2D eigenvalue weighted by Gasteiger charge is 2.56. The van der Waals surface area contributed by atoms with E-state index in [4.69, 9.17) is 10.2 Å². The van der Waals surface area contributed by atoms with Crippen LogP contribution in [0.15, 0.2) is 0 Å². The van der Waals surface area contributed by atoms with Gasteiger partial charge in [0.25, 0.3) is 0 Å². The Morgan fingerprint density at radius 2 is 1.38 bits per heavy atom. The van der Waals surface area contributed by atoms with Gasteiger partial charge >= 0.3 is 0 Å². The van der Waals surface area contributed by atoms with Crippen molar-refractivity contribution >= 4 is 9.84 Å². The second-order valence-corrected chi connectivity index (χ2v) is 6.25. The minimum Gasteiger partial charge on any atom is -0.396 e. The monoisotopic (exact) mass is 206 g/mol. The van der Waals surface area contributed by atoms with Gasteiger partial charge in [0, 0.05) is 13.2 Å². The van der Waals surface area contributed by atoms with Crippen LogP contribution < -0.4 is 0 Å². The zero-order valence-electron chi connectivity index (χ0n) is 7.26. The van der Waals surface area contributed by atoms with Crippen molar-refractivity contribution in [2.75, 3.05) is 24.7 Å². The zero-order valence-corrected chi connectivity index (χ0v) is 8.07. The van der Waals surface area contributed by atoms with Crippen LogP contribution in [0.2, 0.25) is 0 Å². The molecule has 1 aliphatic carbocycles. The highest BCUT2D eigenvalue weighted by Crippen LogP contribution is 2.50. The predicted octanol–water partition coefficient (Wildman–Crippen LogP) is -1.12. The lowest BCUT2D eigenvalue weighted by molar-refractivity contribution is -0.0516. The molecule has 2 rings (SSSR count). The van der Waals surface area contributed by atoms with Gasteiger partial charge in [-0.25, -0.2) is 8.42 Å². The average molecular weight is 206 g/mol. The summed E-state index contributed by atoms with van der Waals surface area (Å²) in [6.45, 7) is 0.00380. The maximum atomic E-state index is 11.3. The van der Waals surface area contributed by atoms with Crippen LogP contribution in [-0.2, 0) is 9.84 Å². The van der Waals surface area contributed by atoms with Gasteiger partial charge in [-0.3, -0.25) is 0 Å². The topological polar surface area (TPSA) is 74.6 Å². The van der Waals surface area contributed by atoms with Crippen molar-refractivity contribution in [1.82, 2.24) is 0 Å². The molecule has 1 saturated heterocycles. The number of fused-ring (bicyclic) bond motifs is 1.